The Morgan fingerprint density at radius 2 is 2.06 bits per heavy atom. The number of carbonyl (C=O) groups is 2. The summed E-state index contributed by atoms with van der Waals surface area (Å²) in [7, 11) is 1.74. The Morgan fingerprint density at radius 1 is 1.44 bits per heavy atom. The van der Waals surface area contributed by atoms with Gasteiger partial charge in [0.05, 0.1) is 12.2 Å². The predicted octanol–water partition coefficient (Wildman–Crippen LogP) is 0.191. The SMILES string of the molecule is CC(C)CN(CC(N)=O)C(=O)c1cc(N)cn1C. The van der Waals surface area contributed by atoms with Gasteiger partial charge in [0.1, 0.15) is 5.69 Å². The number of aryl methyl sites for hydroxylation is 1. The van der Waals surface area contributed by atoms with Crippen LogP contribution in [-0.2, 0) is 11.8 Å². The molecule has 0 aromatic carbocycles. The van der Waals surface area contributed by atoms with Gasteiger partial charge < -0.3 is 20.9 Å². The Morgan fingerprint density at radius 3 is 2.44 bits per heavy atom. The highest BCUT2D eigenvalue weighted by Crippen LogP contribution is 2.12. The summed E-state index contributed by atoms with van der Waals surface area (Å²) >= 11 is 0. The number of aromatic nitrogens is 1. The topological polar surface area (TPSA) is 94.3 Å². The van der Waals surface area contributed by atoms with Gasteiger partial charge >= 0.3 is 0 Å². The molecule has 18 heavy (non-hydrogen) atoms. The minimum Gasteiger partial charge on any atom is -0.397 e. The largest absolute Gasteiger partial charge is 0.397 e. The highest BCUT2D eigenvalue weighted by molar-refractivity contribution is 5.96. The van der Waals surface area contributed by atoms with Gasteiger partial charge in [-0.1, -0.05) is 13.8 Å². The molecular weight excluding hydrogens is 232 g/mol. The van der Waals surface area contributed by atoms with Crippen LogP contribution in [-0.4, -0.2) is 34.4 Å². The number of nitrogens with two attached hydrogens (primary N) is 2. The van der Waals surface area contributed by atoms with Crippen molar-refractivity contribution in [3.05, 3.63) is 18.0 Å². The third kappa shape index (κ3) is 3.51. The van der Waals surface area contributed by atoms with Crippen LogP contribution in [0.2, 0.25) is 0 Å². The second kappa shape index (κ2) is 5.57. The van der Waals surface area contributed by atoms with Gasteiger partial charge in [-0.05, 0) is 12.0 Å². The summed E-state index contributed by atoms with van der Waals surface area (Å²) in [6, 6.07) is 1.59. The summed E-state index contributed by atoms with van der Waals surface area (Å²) in [5.74, 6) is -0.501. The fraction of sp³-hybridized carbons (Fsp3) is 0.500. The van der Waals surface area contributed by atoms with Gasteiger partial charge in [0.25, 0.3) is 5.91 Å². The zero-order valence-electron chi connectivity index (χ0n) is 11.0. The maximum atomic E-state index is 12.3. The van der Waals surface area contributed by atoms with E-state index < -0.39 is 5.91 Å². The average Bonchev–Trinajstić information content (AvgIpc) is 2.54. The molecule has 0 aliphatic heterocycles. The minimum absolute atomic E-state index is 0.0813. The lowest BCUT2D eigenvalue weighted by Crippen LogP contribution is -2.41. The predicted molar refractivity (Wildman–Crippen MR) is 69.8 cm³/mol. The maximum absolute atomic E-state index is 12.3. The molecule has 0 unspecified atom stereocenters. The number of nitrogen functional groups attached to an aromatic ring is 1. The van der Waals surface area contributed by atoms with Gasteiger partial charge in [-0.15, -0.1) is 0 Å². The molecule has 6 nitrogen and oxygen atoms in total. The third-order valence-electron chi connectivity index (χ3n) is 2.46. The van der Waals surface area contributed by atoms with Crippen molar-refractivity contribution in [1.29, 1.82) is 0 Å². The van der Waals surface area contributed by atoms with Crippen molar-refractivity contribution in [3.8, 4) is 0 Å². The van der Waals surface area contributed by atoms with Crippen LogP contribution < -0.4 is 11.5 Å². The molecule has 0 radical (unpaired) electrons. The number of carbonyl (C=O) groups excluding carboxylic acids is 2. The molecule has 6 heteroatoms. The number of amides is 2. The van der Waals surface area contributed by atoms with Gasteiger partial charge in [0.2, 0.25) is 5.91 Å². The Balaban J connectivity index is 2.94. The Labute approximate surface area is 107 Å². The van der Waals surface area contributed by atoms with Crippen LogP contribution in [0.5, 0.6) is 0 Å². The lowest BCUT2D eigenvalue weighted by atomic mass is 10.2. The number of nitrogens with zero attached hydrogens (tertiary/aromatic N) is 2. The summed E-state index contributed by atoms with van der Waals surface area (Å²) in [6.45, 7) is 4.34. The van der Waals surface area contributed by atoms with E-state index >= 15 is 0 Å². The highest BCUT2D eigenvalue weighted by atomic mass is 16.2. The molecule has 0 atom stereocenters. The summed E-state index contributed by atoms with van der Waals surface area (Å²) in [5, 5.41) is 0. The van der Waals surface area contributed by atoms with Crippen molar-refractivity contribution < 1.29 is 9.59 Å². The number of hydrogen-bond acceptors (Lipinski definition) is 3. The van der Waals surface area contributed by atoms with Crippen LogP contribution in [0.4, 0.5) is 5.69 Å². The molecular formula is C12H20N4O2. The van der Waals surface area contributed by atoms with Crippen molar-refractivity contribution >= 4 is 17.5 Å². The smallest absolute Gasteiger partial charge is 0.271 e. The quantitative estimate of drug-likeness (QED) is 0.783. The third-order valence-corrected chi connectivity index (χ3v) is 2.46. The van der Waals surface area contributed by atoms with E-state index in [2.05, 4.69) is 0 Å². The van der Waals surface area contributed by atoms with Crippen LogP contribution in [0.25, 0.3) is 0 Å². The van der Waals surface area contributed by atoms with Crippen molar-refractivity contribution in [2.45, 2.75) is 13.8 Å². The summed E-state index contributed by atoms with van der Waals surface area (Å²) < 4.78 is 1.64. The fourth-order valence-corrected chi connectivity index (χ4v) is 1.81. The Kier molecular flexibility index (Phi) is 4.36. The molecule has 0 spiro atoms. The first-order valence-corrected chi connectivity index (χ1v) is 5.80. The maximum Gasteiger partial charge on any atom is 0.271 e. The molecule has 4 N–H and O–H groups in total. The first-order chi connectivity index (χ1) is 8.31. The van der Waals surface area contributed by atoms with E-state index in [0.29, 0.717) is 17.9 Å². The van der Waals surface area contributed by atoms with Gasteiger partial charge in [-0.25, -0.2) is 0 Å². The zero-order chi connectivity index (χ0) is 13.9. The molecule has 100 valence electrons. The standard InChI is InChI=1S/C12H20N4O2/c1-8(2)5-16(7-11(14)17)12(18)10-4-9(13)6-15(10)3/h4,6,8H,5,7,13H2,1-3H3,(H2,14,17). The highest BCUT2D eigenvalue weighted by Gasteiger charge is 2.21. The number of rotatable bonds is 5. The molecule has 1 heterocycles. The monoisotopic (exact) mass is 252 g/mol. The van der Waals surface area contributed by atoms with E-state index in [1.54, 1.807) is 23.9 Å². The van der Waals surface area contributed by atoms with E-state index in [1.165, 1.54) is 4.90 Å². The van der Waals surface area contributed by atoms with E-state index in [4.69, 9.17) is 11.5 Å². The summed E-state index contributed by atoms with van der Waals surface area (Å²) in [4.78, 5) is 24.8. The van der Waals surface area contributed by atoms with E-state index in [-0.39, 0.29) is 18.4 Å². The molecule has 0 aliphatic carbocycles. The lowest BCUT2D eigenvalue weighted by molar-refractivity contribution is -0.118. The van der Waals surface area contributed by atoms with Crippen LogP contribution in [0.1, 0.15) is 24.3 Å². The molecule has 1 rings (SSSR count). The number of anilines is 1. The number of hydrogen-bond donors (Lipinski definition) is 2. The van der Waals surface area contributed by atoms with Crippen molar-refractivity contribution in [3.63, 3.8) is 0 Å². The second-order valence-electron chi connectivity index (χ2n) is 4.82. The van der Waals surface area contributed by atoms with Gasteiger partial charge in [-0.3, -0.25) is 9.59 Å². The molecule has 0 aliphatic rings. The molecule has 1 aromatic rings. The van der Waals surface area contributed by atoms with E-state index in [1.807, 2.05) is 13.8 Å². The minimum atomic E-state index is -0.522. The average molecular weight is 252 g/mol. The normalized spacial score (nSPS) is 10.7. The van der Waals surface area contributed by atoms with Gasteiger partial charge in [0.15, 0.2) is 0 Å². The van der Waals surface area contributed by atoms with Crippen LogP contribution >= 0.6 is 0 Å². The molecule has 0 saturated carbocycles. The number of primary amides is 1. The first kappa shape index (κ1) is 14.1. The summed E-state index contributed by atoms with van der Waals surface area (Å²) in [6.07, 6.45) is 1.66. The zero-order valence-corrected chi connectivity index (χ0v) is 11.0. The van der Waals surface area contributed by atoms with Gasteiger partial charge in [0, 0.05) is 19.8 Å². The van der Waals surface area contributed by atoms with Gasteiger partial charge in [-0.2, -0.15) is 0 Å². The van der Waals surface area contributed by atoms with Crippen LogP contribution in [0.3, 0.4) is 0 Å². The molecule has 1 aromatic heterocycles. The molecule has 0 saturated heterocycles. The Hall–Kier alpha value is -1.98. The second-order valence-corrected chi connectivity index (χ2v) is 4.82. The van der Waals surface area contributed by atoms with E-state index in [0.717, 1.165) is 0 Å². The van der Waals surface area contributed by atoms with Crippen molar-refractivity contribution in [1.82, 2.24) is 9.47 Å². The van der Waals surface area contributed by atoms with Crippen molar-refractivity contribution in [2.75, 3.05) is 18.8 Å². The van der Waals surface area contributed by atoms with Crippen molar-refractivity contribution in [2.24, 2.45) is 18.7 Å². The van der Waals surface area contributed by atoms with Crippen LogP contribution in [0, 0.1) is 5.92 Å². The molecule has 0 fully saturated rings. The Bertz CT molecular complexity index is 451. The first-order valence-electron chi connectivity index (χ1n) is 5.80. The van der Waals surface area contributed by atoms with Crippen LogP contribution in [0.15, 0.2) is 12.3 Å². The fourth-order valence-electron chi connectivity index (χ4n) is 1.81. The summed E-state index contributed by atoms with van der Waals surface area (Å²) in [5.41, 5.74) is 11.8. The lowest BCUT2D eigenvalue weighted by Gasteiger charge is -2.23. The molecule has 0 bridgehead atoms. The van der Waals surface area contributed by atoms with E-state index in [9.17, 15) is 9.59 Å². The molecule has 2 amide bonds.